The van der Waals surface area contributed by atoms with E-state index < -0.39 is 0 Å². The van der Waals surface area contributed by atoms with Gasteiger partial charge in [0.15, 0.2) is 0 Å². The maximum Gasteiger partial charge on any atom is 0.0731 e. The lowest BCUT2D eigenvalue weighted by Crippen LogP contribution is -2.12. The van der Waals surface area contributed by atoms with Crippen molar-refractivity contribution < 1.29 is 4.74 Å². The summed E-state index contributed by atoms with van der Waals surface area (Å²) in [7, 11) is 4.21. The third-order valence-electron chi connectivity index (χ3n) is 3.40. The molecule has 0 aromatic heterocycles. The summed E-state index contributed by atoms with van der Waals surface area (Å²) in [6.45, 7) is 2.46. The van der Waals surface area contributed by atoms with Crippen molar-refractivity contribution in [2.45, 2.75) is 19.8 Å². The van der Waals surface area contributed by atoms with Gasteiger partial charge in [-0.2, -0.15) is 0 Å². The highest BCUT2D eigenvalue weighted by Gasteiger charge is 2.19. The van der Waals surface area contributed by atoms with E-state index in [2.05, 4.69) is 59.2 Å². The predicted molar refractivity (Wildman–Crippen MR) is 77.5 cm³/mol. The fourth-order valence-electron chi connectivity index (χ4n) is 2.63. The van der Waals surface area contributed by atoms with Gasteiger partial charge in [-0.25, -0.2) is 0 Å². The maximum absolute atomic E-state index is 5.65. The molecule has 1 aliphatic rings. The highest BCUT2D eigenvalue weighted by atomic mass is 79.9. The first-order valence-corrected chi connectivity index (χ1v) is 6.90. The van der Waals surface area contributed by atoms with Crippen LogP contribution in [0.3, 0.4) is 0 Å². The van der Waals surface area contributed by atoms with Gasteiger partial charge in [-0.15, -0.1) is 0 Å². The first kappa shape index (κ1) is 12.2. The Morgan fingerprint density at radius 1 is 1.17 bits per heavy atom. The molecule has 0 unspecified atom stereocenters. The van der Waals surface area contributed by atoms with Crippen molar-refractivity contribution in [2.24, 2.45) is 0 Å². The lowest BCUT2D eigenvalue weighted by molar-refractivity contribution is 0.134. The average molecular weight is 306 g/mol. The maximum atomic E-state index is 5.65. The standard InChI is InChI=1S/C15H16BrNO/c1-17(2)7-11-5-10-3-4-12(16)6-13(10)15-9-18-8-14(11)15/h3-6H,7-9H2,1-2H3. The van der Waals surface area contributed by atoms with E-state index in [1.807, 2.05) is 0 Å². The number of nitrogens with zero attached hydrogens (tertiary/aromatic N) is 1. The fraction of sp³-hybridized carbons (Fsp3) is 0.333. The topological polar surface area (TPSA) is 12.5 Å². The Balaban J connectivity index is 2.24. The number of halogens is 1. The molecule has 1 aliphatic heterocycles. The number of hydrogen-bond donors (Lipinski definition) is 0. The van der Waals surface area contributed by atoms with Crippen LogP contribution in [0.2, 0.25) is 0 Å². The molecule has 0 aliphatic carbocycles. The highest BCUT2D eigenvalue weighted by molar-refractivity contribution is 9.10. The van der Waals surface area contributed by atoms with Crippen LogP contribution in [0, 0.1) is 0 Å². The second kappa shape index (κ2) is 4.65. The van der Waals surface area contributed by atoms with Crippen LogP contribution in [0.1, 0.15) is 16.7 Å². The van der Waals surface area contributed by atoms with Crippen molar-refractivity contribution in [1.29, 1.82) is 0 Å². The largest absolute Gasteiger partial charge is 0.372 e. The van der Waals surface area contributed by atoms with Gasteiger partial charge < -0.3 is 9.64 Å². The van der Waals surface area contributed by atoms with Gasteiger partial charge in [-0.1, -0.05) is 22.0 Å². The smallest absolute Gasteiger partial charge is 0.0731 e. The lowest BCUT2D eigenvalue weighted by atomic mass is 9.96. The fourth-order valence-corrected chi connectivity index (χ4v) is 2.99. The van der Waals surface area contributed by atoms with Gasteiger partial charge in [-0.05, 0) is 59.8 Å². The van der Waals surface area contributed by atoms with E-state index in [4.69, 9.17) is 4.74 Å². The van der Waals surface area contributed by atoms with Crippen molar-refractivity contribution in [3.05, 3.63) is 45.4 Å². The molecule has 0 spiro atoms. The molecule has 94 valence electrons. The molecule has 3 rings (SSSR count). The normalized spacial score (nSPS) is 14.4. The van der Waals surface area contributed by atoms with Crippen molar-refractivity contribution >= 4 is 26.7 Å². The van der Waals surface area contributed by atoms with Crippen LogP contribution in [0.4, 0.5) is 0 Å². The summed E-state index contributed by atoms with van der Waals surface area (Å²) in [5.41, 5.74) is 4.14. The Morgan fingerprint density at radius 2 is 1.94 bits per heavy atom. The minimum absolute atomic E-state index is 0.740. The summed E-state index contributed by atoms with van der Waals surface area (Å²) in [6.07, 6.45) is 0. The van der Waals surface area contributed by atoms with Gasteiger partial charge >= 0.3 is 0 Å². The third kappa shape index (κ3) is 2.07. The van der Waals surface area contributed by atoms with Crippen LogP contribution in [0.5, 0.6) is 0 Å². The second-order valence-electron chi connectivity index (χ2n) is 5.09. The molecule has 1 heterocycles. The van der Waals surface area contributed by atoms with Gasteiger partial charge in [0, 0.05) is 11.0 Å². The van der Waals surface area contributed by atoms with E-state index >= 15 is 0 Å². The summed E-state index contributed by atoms with van der Waals surface area (Å²) in [5.74, 6) is 0. The van der Waals surface area contributed by atoms with Crippen molar-refractivity contribution in [3.8, 4) is 0 Å². The SMILES string of the molecule is CN(C)Cc1cc2ccc(Br)cc2c2c1COC2. The molecule has 2 nitrogen and oxygen atoms in total. The summed E-state index contributed by atoms with van der Waals surface area (Å²) in [5, 5.41) is 2.62. The van der Waals surface area contributed by atoms with E-state index in [-0.39, 0.29) is 0 Å². The average Bonchev–Trinajstić information content (AvgIpc) is 2.79. The number of hydrogen-bond acceptors (Lipinski definition) is 2. The minimum Gasteiger partial charge on any atom is -0.372 e. The number of ether oxygens (including phenoxy) is 1. The lowest BCUT2D eigenvalue weighted by Gasteiger charge is -2.15. The van der Waals surface area contributed by atoms with E-state index in [0.29, 0.717) is 0 Å². The molecule has 2 aromatic rings. The van der Waals surface area contributed by atoms with Crippen molar-refractivity contribution in [2.75, 3.05) is 14.1 Å². The molecule has 0 fully saturated rings. The minimum atomic E-state index is 0.740. The van der Waals surface area contributed by atoms with Crippen LogP contribution < -0.4 is 0 Å². The molecule has 0 atom stereocenters. The van der Waals surface area contributed by atoms with Gasteiger partial charge in [0.1, 0.15) is 0 Å². The summed E-state index contributed by atoms with van der Waals surface area (Å²) >= 11 is 3.55. The molecular formula is C15H16BrNO. The molecule has 0 saturated heterocycles. The molecule has 0 saturated carbocycles. The molecule has 0 N–H and O–H groups in total. The van der Waals surface area contributed by atoms with E-state index in [1.54, 1.807) is 0 Å². The van der Waals surface area contributed by atoms with Crippen molar-refractivity contribution in [3.63, 3.8) is 0 Å². The van der Waals surface area contributed by atoms with Gasteiger partial charge in [-0.3, -0.25) is 0 Å². The zero-order valence-corrected chi connectivity index (χ0v) is 12.3. The van der Waals surface area contributed by atoms with E-state index in [9.17, 15) is 0 Å². The zero-order chi connectivity index (χ0) is 12.7. The van der Waals surface area contributed by atoms with E-state index in [1.165, 1.54) is 27.5 Å². The van der Waals surface area contributed by atoms with Gasteiger partial charge in [0.2, 0.25) is 0 Å². The summed E-state index contributed by atoms with van der Waals surface area (Å²) in [6, 6.07) is 8.78. The summed E-state index contributed by atoms with van der Waals surface area (Å²) in [4.78, 5) is 2.21. The third-order valence-corrected chi connectivity index (χ3v) is 3.89. The predicted octanol–water partition coefficient (Wildman–Crippen LogP) is 3.69. The molecule has 0 bridgehead atoms. The molecule has 3 heteroatoms. The number of fused-ring (bicyclic) bond motifs is 3. The zero-order valence-electron chi connectivity index (χ0n) is 10.7. The van der Waals surface area contributed by atoms with Crippen molar-refractivity contribution in [1.82, 2.24) is 4.90 Å². The number of rotatable bonds is 2. The van der Waals surface area contributed by atoms with Gasteiger partial charge in [0.05, 0.1) is 13.2 Å². The Kier molecular flexibility index (Phi) is 3.14. The van der Waals surface area contributed by atoms with Crippen LogP contribution >= 0.6 is 15.9 Å². The molecule has 18 heavy (non-hydrogen) atoms. The Morgan fingerprint density at radius 3 is 2.72 bits per heavy atom. The number of benzene rings is 2. The van der Waals surface area contributed by atoms with Crippen LogP contribution in [0.25, 0.3) is 10.8 Å². The highest BCUT2D eigenvalue weighted by Crippen LogP contribution is 2.33. The molecule has 0 amide bonds. The van der Waals surface area contributed by atoms with Crippen LogP contribution in [0.15, 0.2) is 28.7 Å². The first-order valence-electron chi connectivity index (χ1n) is 6.10. The Bertz CT molecular complexity index is 607. The molecule has 2 aromatic carbocycles. The first-order chi connectivity index (χ1) is 8.65. The quantitative estimate of drug-likeness (QED) is 0.839. The molecule has 0 radical (unpaired) electrons. The van der Waals surface area contributed by atoms with Gasteiger partial charge in [0.25, 0.3) is 0 Å². The Labute approximate surface area is 116 Å². The van der Waals surface area contributed by atoms with Crippen LogP contribution in [-0.4, -0.2) is 19.0 Å². The van der Waals surface area contributed by atoms with E-state index in [0.717, 1.165) is 24.2 Å². The summed E-state index contributed by atoms with van der Waals surface area (Å²) < 4.78 is 6.78. The molecular weight excluding hydrogens is 290 g/mol. The Hall–Kier alpha value is -0.900. The van der Waals surface area contributed by atoms with Crippen LogP contribution in [-0.2, 0) is 24.5 Å². The second-order valence-corrected chi connectivity index (χ2v) is 6.00. The monoisotopic (exact) mass is 305 g/mol.